The minimum Gasteiger partial charge on any atom is -0.463 e. The first-order chi connectivity index (χ1) is 20.6. The van der Waals surface area contributed by atoms with Gasteiger partial charge in [0, 0.05) is 41.3 Å². The number of carbonyl (C=O) groups excluding carboxylic acids is 4. The van der Waals surface area contributed by atoms with E-state index in [1.165, 1.54) is 12.2 Å². The third kappa shape index (κ3) is 14.6. The highest BCUT2D eigenvalue weighted by atomic mass is 32.2. The second-order valence-corrected chi connectivity index (χ2v) is 12.0. The molecule has 4 atom stereocenters. The van der Waals surface area contributed by atoms with Crippen molar-refractivity contribution in [3.05, 3.63) is 83.9 Å². The Morgan fingerprint density at radius 3 is 2.02 bits per heavy atom. The molecule has 234 valence electrons. The normalized spacial score (nSPS) is 13.9. The van der Waals surface area contributed by atoms with E-state index in [0.717, 1.165) is 11.1 Å². The fourth-order valence-electron chi connectivity index (χ4n) is 4.12. The Morgan fingerprint density at radius 1 is 0.837 bits per heavy atom. The molecule has 2 aromatic carbocycles. The Labute approximate surface area is 256 Å². The lowest BCUT2D eigenvalue weighted by atomic mass is 10.0. The maximum atomic E-state index is 13.6. The molecule has 0 spiro atoms. The van der Waals surface area contributed by atoms with Crippen LogP contribution in [0.2, 0.25) is 0 Å². The van der Waals surface area contributed by atoms with Crippen LogP contribution in [-0.2, 0) is 47.7 Å². The molecule has 0 aliphatic heterocycles. The minimum atomic E-state index is -1.13. The summed E-state index contributed by atoms with van der Waals surface area (Å²) in [5.74, 6) is -1.24. The van der Waals surface area contributed by atoms with Gasteiger partial charge in [0.25, 0.3) is 0 Å². The summed E-state index contributed by atoms with van der Waals surface area (Å²) >= 11 is 0. The first-order valence-electron chi connectivity index (χ1n) is 14.3. The first kappa shape index (κ1) is 35.2. The number of hydrogen-bond acceptors (Lipinski definition) is 7. The summed E-state index contributed by atoms with van der Waals surface area (Å²) in [6.45, 7) is 5.78. The molecular formula is C32H43N3O7S. The molecule has 0 saturated heterocycles. The van der Waals surface area contributed by atoms with E-state index in [0.29, 0.717) is 18.6 Å². The maximum absolute atomic E-state index is 13.6. The molecule has 11 heteroatoms. The lowest BCUT2D eigenvalue weighted by Gasteiger charge is -2.25. The topological polar surface area (TPSA) is 140 Å². The number of benzene rings is 2. The number of ether oxygens (including phenoxy) is 2. The summed E-state index contributed by atoms with van der Waals surface area (Å²) in [6.07, 6.45) is 4.33. The molecule has 43 heavy (non-hydrogen) atoms. The van der Waals surface area contributed by atoms with Gasteiger partial charge in [0.05, 0.1) is 6.61 Å². The predicted octanol–water partition coefficient (Wildman–Crippen LogP) is 3.43. The Bertz CT molecular complexity index is 1220. The Kier molecular flexibility index (Phi) is 15.8. The van der Waals surface area contributed by atoms with Gasteiger partial charge >= 0.3 is 12.1 Å². The quantitative estimate of drug-likeness (QED) is 0.184. The van der Waals surface area contributed by atoms with Crippen LogP contribution in [0.4, 0.5) is 4.79 Å². The van der Waals surface area contributed by atoms with Gasteiger partial charge in [-0.25, -0.2) is 9.59 Å². The van der Waals surface area contributed by atoms with Crippen molar-refractivity contribution in [3.63, 3.8) is 0 Å². The monoisotopic (exact) mass is 613 g/mol. The fraction of sp³-hybridized carbons (Fsp3) is 0.438. The lowest BCUT2D eigenvalue weighted by molar-refractivity contribution is -0.137. The van der Waals surface area contributed by atoms with E-state index in [2.05, 4.69) is 16.0 Å². The molecule has 3 N–H and O–H groups in total. The van der Waals surface area contributed by atoms with Crippen molar-refractivity contribution in [3.8, 4) is 0 Å². The van der Waals surface area contributed by atoms with Crippen molar-refractivity contribution in [2.24, 2.45) is 5.92 Å². The van der Waals surface area contributed by atoms with Crippen LogP contribution in [0.5, 0.6) is 0 Å². The molecule has 0 bridgehead atoms. The minimum absolute atomic E-state index is 0.0466. The summed E-state index contributed by atoms with van der Waals surface area (Å²) in [4.78, 5) is 51.6. The first-order valence-corrected chi connectivity index (χ1v) is 16.1. The molecule has 0 aromatic heterocycles. The van der Waals surface area contributed by atoms with Crippen molar-refractivity contribution in [2.45, 2.75) is 64.8 Å². The highest BCUT2D eigenvalue weighted by Crippen LogP contribution is 2.10. The third-order valence-corrected chi connectivity index (χ3v) is 7.05. The van der Waals surface area contributed by atoms with Gasteiger partial charge in [0.1, 0.15) is 18.7 Å². The lowest BCUT2D eigenvalue weighted by Crippen LogP contribution is -2.55. The van der Waals surface area contributed by atoms with Gasteiger partial charge in [-0.1, -0.05) is 80.6 Å². The molecule has 2 aromatic rings. The van der Waals surface area contributed by atoms with Crippen molar-refractivity contribution in [1.29, 1.82) is 0 Å². The average Bonchev–Trinajstić information content (AvgIpc) is 2.97. The maximum Gasteiger partial charge on any atom is 0.408 e. The third-order valence-electron chi connectivity index (χ3n) is 6.24. The standard InChI is InChI=1S/C32H43N3O7S/c1-5-41-29(36)17-16-26(18-19-43(4)40)33-30(37)28(21-24-12-8-6-9-13-24)34-31(38)27(20-23(2)3)35-32(39)42-22-25-14-10-7-11-15-25/h6-17,23,26-28H,5,18-22H2,1-4H3,(H,33,37)(H,34,38)(H,35,39)/b17-16+/t26?,27-,28-,43?/m0/s1. The molecule has 0 aliphatic carbocycles. The van der Waals surface area contributed by atoms with E-state index < -0.39 is 52.8 Å². The van der Waals surface area contributed by atoms with Crippen LogP contribution in [0.3, 0.4) is 0 Å². The summed E-state index contributed by atoms with van der Waals surface area (Å²) in [6, 6.07) is 15.8. The number of nitrogens with one attached hydrogen (secondary N) is 3. The number of alkyl carbamates (subject to hydrolysis) is 1. The van der Waals surface area contributed by atoms with E-state index in [1.807, 2.05) is 74.5 Å². The Morgan fingerprint density at radius 2 is 1.44 bits per heavy atom. The van der Waals surface area contributed by atoms with E-state index in [1.54, 1.807) is 13.2 Å². The van der Waals surface area contributed by atoms with Gasteiger partial charge in [-0.05, 0) is 36.8 Å². The molecule has 0 fully saturated rings. The molecular weight excluding hydrogens is 570 g/mol. The predicted molar refractivity (Wildman–Crippen MR) is 166 cm³/mol. The zero-order chi connectivity index (χ0) is 31.6. The highest BCUT2D eigenvalue weighted by molar-refractivity contribution is 7.84. The number of esters is 1. The molecule has 0 aliphatic rings. The molecule has 0 heterocycles. The van der Waals surface area contributed by atoms with Gasteiger partial charge in [-0.15, -0.1) is 0 Å². The number of carbonyl (C=O) groups is 4. The van der Waals surface area contributed by atoms with Crippen LogP contribution < -0.4 is 16.0 Å². The molecule has 0 saturated carbocycles. The number of hydrogen-bond donors (Lipinski definition) is 3. The van der Waals surface area contributed by atoms with Crippen molar-refractivity contribution < 1.29 is 32.9 Å². The summed E-state index contributed by atoms with van der Waals surface area (Å²) in [5.41, 5.74) is 1.62. The Balaban J connectivity index is 2.20. The number of rotatable bonds is 17. The second kappa shape index (κ2) is 19.2. The smallest absolute Gasteiger partial charge is 0.408 e. The molecule has 2 unspecified atom stereocenters. The van der Waals surface area contributed by atoms with E-state index in [9.17, 15) is 23.4 Å². The van der Waals surface area contributed by atoms with Gasteiger partial charge in [-0.3, -0.25) is 13.8 Å². The molecule has 0 radical (unpaired) electrons. The summed E-state index contributed by atoms with van der Waals surface area (Å²) in [7, 11) is -1.13. The van der Waals surface area contributed by atoms with E-state index in [-0.39, 0.29) is 25.6 Å². The van der Waals surface area contributed by atoms with Crippen molar-refractivity contribution in [2.75, 3.05) is 18.6 Å². The van der Waals surface area contributed by atoms with Gasteiger partial charge < -0.3 is 25.4 Å². The van der Waals surface area contributed by atoms with Crippen molar-refractivity contribution >= 4 is 34.7 Å². The zero-order valence-corrected chi connectivity index (χ0v) is 26.1. The zero-order valence-electron chi connectivity index (χ0n) is 25.2. The summed E-state index contributed by atoms with van der Waals surface area (Å²) in [5, 5.41) is 8.31. The second-order valence-electron chi connectivity index (χ2n) is 10.4. The van der Waals surface area contributed by atoms with Crippen LogP contribution in [0.15, 0.2) is 72.8 Å². The van der Waals surface area contributed by atoms with Crippen LogP contribution in [-0.4, -0.2) is 64.8 Å². The number of amides is 3. The van der Waals surface area contributed by atoms with Gasteiger partial charge in [-0.2, -0.15) is 0 Å². The Hall–Kier alpha value is -3.99. The highest BCUT2D eigenvalue weighted by Gasteiger charge is 2.29. The SMILES string of the molecule is CCOC(=O)/C=C/C(CCS(C)=O)NC(=O)[C@H](Cc1ccccc1)NC(=O)[C@H](CC(C)C)NC(=O)OCc1ccccc1. The van der Waals surface area contributed by atoms with Gasteiger partial charge in [0.2, 0.25) is 11.8 Å². The van der Waals surface area contributed by atoms with Crippen LogP contribution in [0.1, 0.15) is 44.7 Å². The fourth-order valence-corrected chi connectivity index (χ4v) is 4.71. The molecule has 3 amide bonds. The molecule has 10 nitrogen and oxygen atoms in total. The largest absolute Gasteiger partial charge is 0.463 e. The van der Waals surface area contributed by atoms with Crippen LogP contribution in [0.25, 0.3) is 0 Å². The average molecular weight is 614 g/mol. The van der Waals surface area contributed by atoms with E-state index in [4.69, 9.17) is 9.47 Å². The van der Waals surface area contributed by atoms with Crippen LogP contribution >= 0.6 is 0 Å². The van der Waals surface area contributed by atoms with Crippen molar-refractivity contribution in [1.82, 2.24) is 16.0 Å². The summed E-state index contributed by atoms with van der Waals surface area (Å²) < 4.78 is 22.0. The van der Waals surface area contributed by atoms with Gasteiger partial charge in [0.15, 0.2) is 0 Å². The van der Waals surface area contributed by atoms with E-state index >= 15 is 0 Å². The van der Waals surface area contributed by atoms with Crippen LogP contribution in [0, 0.1) is 5.92 Å². The molecule has 2 rings (SSSR count).